The normalized spacial score (nSPS) is 21.7. The highest BCUT2D eigenvalue weighted by Crippen LogP contribution is 2.35. The summed E-state index contributed by atoms with van der Waals surface area (Å²) in [7, 11) is 1.66. The van der Waals surface area contributed by atoms with Gasteiger partial charge in [-0.1, -0.05) is 19.1 Å². The van der Waals surface area contributed by atoms with E-state index >= 15 is 0 Å². The summed E-state index contributed by atoms with van der Waals surface area (Å²) in [5, 5.41) is 0. The smallest absolute Gasteiger partial charge is 0.410 e. The molecule has 8 nitrogen and oxygen atoms in total. The zero-order chi connectivity index (χ0) is 20.3. The van der Waals surface area contributed by atoms with E-state index in [-0.39, 0.29) is 11.6 Å². The molecule has 29 heavy (non-hydrogen) atoms. The fourth-order valence-corrected chi connectivity index (χ4v) is 4.20. The first-order valence-corrected chi connectivity index (χ1v) is 10.1. The first-order valence-electron chi connectivity index (χ1n) is 10.1. The van der Waals surface area contributed by atoms with E-state index < -0.39 is 0 Å². The van der Waals surface area contributed by atoms with Gasteiger partial charge in [-0.2, -0.15) is 0 Å². The number of rotatable bonds is 8. The molecule has 2 aliphatic rings. The van der Waals surface area contributed by atoms with Crippen molar-refractivity contribution in [3.8, 4) is 11.5 Å². The van der Waals surface area contributed by atoms with Crippen LogP contribution < -0.4 is 9.47 Å². The lowest BCUT2D eigenvalue weighted by Gasteiger charge is -2.44. The molecule has 0 bridgehead atoms. The highest BCUT2D eigenvalue weighted by molar-refractivity contribution is 5.71. The quantitative estimate of drug-likeness (QED) is 0.678. The minimum atomic E-state index is -0.226. The number of nitrogens with zero attached hydrogens (tertiary/aromatic N) is 4. The number of ether oxygens (including phenoxy) is 3. The van der Waals surface area contributed by atoms with Gasteiger partial charge in [0.25, 0.3) is 0 Å². The molecule has 2 aromatic rings. The maximum absolute atomic E-state index is 12.0. The summed E-state index contributed by atoms with van der Waals surface area (Å²) in [4.78, 5) is 20.4. The number of carbonyl (C=O) groups is 1. The van der Waals surface area contributed by atoms with Crippen molar-refractivity contribution in [3.05, 3.63) is 42.5 Å². The van der Waals surface area contributed by atoms with Crippen molar-refractivity contribution in [3.63, 3.8) is 0 Å². The van der Waals surface area contributed by atoms with E-state index in [1.54, 1.807) is 19.6 Å². The lowest BCUT2D eigenvalue weighted by atomic mass is 9.92. The molecule has 0 radical (unpaired) electrons. The molecule has 2 aliphatic heterocycles. The van der Waals surface area contributed by atoms with Gasteiger partial charge in [-0.3, -0.25) is 9.80 Å². The number of piperazine rings is 1. The molecule has 0 aliphatic carbocycles. The molecule has 8 heteroatoms. The number of hydrogen-bond acceptors (Lipinski definition) is 6. The predicted molar refractivity (Wildman–Crippen MR) is 107 cm³/mol. The average Bonchev–Trinajstić information content (AvgIpc) is 3.37. The molecule has 2 saturated heterocycles. The summed E-state index contributed by atoms with van der Waals surface area (Å²) in [6.07, 6.45) is 6.15. The minimum Gasteiger partial charge on any atom is -0.493 e. The van der Waals surface area contributed by atoms with E-state index in [2.05, 4.69) is 22.9 Å². The Bertz CT molecular complexity index is 841. The Balaban J connectivity index is 1.47. The van der Waals surface area contributed by atoms with Crippen LogP contribution in [-0.4, -0.2) is 70.9 Å². The van der Waals surface area contributed by atoms with Crippen LogP contribution in [0.4, 0.5) is 4.79 Å². The molecule has 1 aromatic carbocycles. The molecule has 0 saturated carbocycles. The molecule has 1 aromatic heterocycles. The number of para-hydroxylation sites is 1. The predicted octanol–water partition coefficient (Wildman–Crippen LogP) is 2.39. The number of hydrogen-bond donors (Lipinski definition) is 0. The molecular weight excluding hydrogens is 372 g/mol. The van der Waals surface area contributed by atoms with Crippen LogP contribution in [0.15, 0.2) is 36.9 Å². The second kappa shape index (κ2) is 8.32. The van der Waals surface area contributed by atoms with Crippen molar-refractivity contribution >= 4 is 6.09 Å². The Morgan fingerprint density at radius 3 is 2.97 bits per heavy atom. The lowest BCUT2D eigenvalue weighted by Crippen LogP contribution is -2.60. The summed E-state index contributed by atoms with van der Waals surface area (Å²) >= 11 is 0. The van der Waals surface area contributed by atoms with E-state index in [1.807, 2.05) is 27.8 Å². The Morgan fingerprint density at radius 2 is 2.21 bits per heavy atom. The van der Waals surface area contributed by atoms with Gasteiger partial charge in [0.1, 0.15) is 13.2 Å². The van der Waals surface area contributed by atoms with Crippen LogP contribution in [0, 0.1) is 0 Å². The van der Waals surface area contributed by atoms with Crippen LogP contribution >= 0.6 is 0 Å². The highest BCUT2D eigenvalue weighted by Gasteiger charge is 2.49. The first kappa shape index (κ1) is 19.6. The zero-order valence-corrected chi connectivity index (χ0v) is 17.0. The van der Waals surface area contributed by atoms with Crippen LogP contribution in [0.1, 0.15) is 18.9 Å². The van der Waals surface area contributed by atoms with Crippen LogP contribution in [0.5, 0.6) is 11.5 Å². The van der Waals surface area contributed by atoms with Gasteiger partial charge in [-0.05, 0) is 12.5 Å². The van der Waals surface area contributed by atoms with Crippen LogP contribution in [0.3, 0.4) is 0 Å². The van der Waals surface area contributed by atoms with Gasteiger partial charge in [-0.15, -0.1) is 0 Å². The van der Waals surface area contributed by atoms with Crippen molar-refractivity contribution in [2.75, 3.05) is 40.0 Å². The number of aromatic nitrogens is 2. The molecule has 0 spiro atoms. The molecule has 156 valence electrons. The third-order valence-corrected chi connectivity index (χ3v) is 5.90. The summed E-state index contributed by atoms with van der Waals surface area (Å²) in [5.41, 5.74) is 0.858. The maximum atomic E-state index is 12.0. The molecule has 4 rings (SSSR count). The first-order chi connectivity index (χ1) is 14.1. The van der Waals surface area contributed by atoms with E-state index in [4.69, 9.17) is 14.2 Å². The number of fused-ring (bicyclic) bond motifs is 1. The van der Waals surface area contributed by atoms with Crippen LogP contribution in [0.25, 0.3) is 0 Å². The summed E-state index contributed by atoms with van der Waals surface area (Å²) < 4.78 is 19.0. The second-order valence-electron chi connectivity index (χ2n) is 7.59. The van der Waals surface area contributed by atoms with Gasteiger partial charge in [0.2, 0.25) is 0 Å². The third kappa shape index (κ3) is 3.89. The largest absolute Gasteiger partial charge is 0.493 e. The fourth-order valence-electron chi connectivity index (χ4n) is 4.20. The third-order valence-electron chi connectivity index (χ3n) is 5.90. The molecule has 1 amide bonds. The van der Waals surface area contributed by atoms with Crippen molar-refractivity contribution < 1.29 is 19.0 Å². The minimum absolute atomic E-state index is 0.184. The molecule has 3 heterocycles. The Hall–Kier alpha value is -2.74. The molecular formula is C21H28N4O4. The van der Waals surface area contributed by atoms with Gasteiger partial charge in [0.15, 0.2) is 11.5 Å². The molecule has 1 unspecified atom stereocenters. The Morgan fingerprint density at radius 1 is 1.31 bits per heavy atom. The van der Waals surface area contributed by atoms with Crippen LogP contribution in [-0.2, 0) is 17.8 Å². The van der Waals surface area contributed by atoms with Gasteiger partial charge in [0, 0.05) is 44.1 Å². The summed E-state index contributed by atoms with van der Waals surface area (Å²) in [6.45, 7) is 6.85. The maximum Gasteiger partial charge on any atom is 0.410 e. The summed E-state index contributed by atoms with van der Waals surface area (Å²) in [5.74, 6) is 1.51. The van der Waals surface area contributed by atoms with Crippen molar-refractivity contribution in [2.45, 2.75) is 32.0 Å². The van der Waals surface area contributed by atoms with Crippen molar-refractivity contribution in [1.29, 1.82) is 0 Å². The molecule has 0 N–H and O–H groups in total. The van der Waals surface area contributed by atoms with Crippen LogP contribution in [0.2, 0.25) is 0 Å². The van der Waals surface area contributed by atoms with Gasteiger partial charge in [-0.25, -0.2) is 9.78 Å². The number of amides is 1. The van der Waals surface area contributed by atoms with Crippen molar-refractivity contribution in [1.82, 2.24) is 19.4 Å². The van der Waals surface area contributed by atoms with Gasteiger partial charge < -0.3 is 18.8 Å². The molecule has 2 fully saturated rings. The van der Waals surface area contributed by atoms with Gasteiger partial charge in [0.05, 0.1) is 25.5 Å². The van der Waals surface area contributed by atoms with E-state index in [9.17, 15) is 4.79 Å². The summed E-state index contributed by atoms with van der Waals surface area (Å²) in [6, 6.07) is 5.99. The van der Waals surface area contributed by atoms with E-state index in [0.717, 1.165) is 43.1 Å². The number of cyclic esters (lactones) is 1. The zero-order valence-electron chi connectivity index (χ0n) is 17.0. The second-order valence-corrected chi connectivity index (χ2v) is 7.59. The lowest BCUT2D eigenvalue weighted by molar-refractivity contribution is 0.0444. The van der Waals surface area contributed by atoms with Gasteiger partial charge >= 0.3 is 6.09 Å². The number of benzene rings is 1. The van der Waals surface area contributed by atoms with Crippen molar-refractivity contribution in [2.24, 2.45) is 0 Å². The highest BCUT2D eigenvalue weighted by atomic mass is 16.6. The Labute approximate surface area is 171 Å². The SMILES string of the molecule is CCC12COC(=O)N1CCN(Cc1cccc(OC)c1OCCn1ccnc1)C2. The molecule has 1 atom stereocenters. The topological polar surface area (TPSA) is 69.1 Å². The monoisotopic (exact) mass is 400 g/mol. The van der Waals surface area contributed by atoms with E-state index in [0.29, 0.717) is 26.3 Å². The number of imidazole rings is 1. The van der Waals surface area contributed by atoms with E-state index in [1.165, 1.54) is 0 Å². The number of methoxy groups -OCH3 is 1. The Kier molecular flexibility index (Phi) is 5.62. The number of carbonyl (C=O) groups excluding carboxylic acids is 1. The standard InChI is InChI=1S/C21H28N4O4/c1-3-21-14-24(9-10-25(21)20(26)29-15-21)13-17-5-4-6-18(27-2)19(17)28-12-11-23-8-7-22-16-23/h4-8,16H,3,9-15H2,1-2H3. The average molecular weight is 400 g/mol. The fraction of sp³-hybridized carbons (Fsp3) is 0.524.